The molecule has 0 aromatic carbocycles. The highest BCUT2D eigenvalue weighted by atomic mass is 79.9. The van der Waals surface area contributed by atoms with Crippen LogP contribution in [0.2, 0.25) is 0 Å². The largest absolute Gasteiger partial charge is 0.354 e. The lowest BCUT2D eigenvalue weighted by molar-refractivity contribution is -0.385. The van der Waals surface area contributed by atoms with Gasteiger partial charge in [0.2, 0.25) is 0 Å². The third-order valence-corrected chi connectivity index (χ3v) is 4.76. The molecule has 1 aliphatic heterocycles. The number of halogens is 1. The van der Waals surface area contributed by atoms with Gasteiger partial charge in [0.15, 0.2) is 0 Å². The van der Waals surface area contributed by atoms with Crippen LogP contribution in [-0.4, -0.2) is 35.6 Å². The van der Waals surface area contributed by atoms with E-state index in [0.717, 1.165) is 36.3 Å². The van der Waals surface area contributed by atoms with Crippen molar-refractivity contribution in [2.24, 2.45) is 0 Å². The second-order valence-electron chi connectivity index (χ2n) is 5.40. The molecule has 0 aliphatic carbocycles. The Morgan fingerprint density at radius 3 is 2.95 bits per heavy atom. The molecule has 6 nitrogen and oxygen atoms in total. The second-order valence-corrected chi connectivity index (χ2v) is 6.20. The first-order valence-electron chi connectivity index (χ1n) is 7.32. The van der Waals surface area contributed by atoms with Crippen LogP contribution in [0.1, 0.15) is 31.7 Å². The molecule has 1 atom stereocenters. The molecular weight excluding hydrogens is 336 g/mol. The zero-order chi connectivity index (χ0) is 15.4. The number of hydrogen-bond donors (Lipinski definition) is 1. The molecule has 21 heavy (non-hydrogen) atoms. The minimum Gasteiger partial charge on any atom is -0.354 e. The van der Waals surface area contributed by atoms with Crippen LogP contribution in [0.5, 0.6) is 0 Å². The van der Waals surface area contributed by atoms with E-state index >= 15 is 0 Å². The van der Waals surface area contributed by atoms with Gasteiger partial charge in [0.1, 0.15) is 12.0 Å². The van der Waals surface area contributed by atoms with E-state index in [0.29, 0.717) is 11.6 Å². The average molecular weight is 357 g/mol. The molecule has 116 valence electrons. The Balaban J connectivity index is 2.26. The Bertz CT molecular complexity index is 518. The first-order valence-corrected chi connectivity index (χ1v) is 8.11. The first-order chi connectivity index (χ1) is 10.0. The summed E-state index contributed by atoms with van der Waals surface area (Å²) in [7, 11) is 0. The molecule has 0 bridgehead atoms. The molecule has 1 aromatic rings. The fraction of sp³-hybridized carbons (Fsp3) is 0.643. The summed E-state index contributed by atoms with van der Waals surface area (Å²) in [5.74, 6) is 0.800. The van der Waals surface area contributed by atoms with Gasteiger partial charge in [-0.05, 0) is 48.7 Å². The fourth-order valence-corrected chi connectivity index (χ4v) is 3.25. The lowest BCUT2D eigenvalue weighted by Crippen LogP contribution is -2.38. The highest BCUT2D eigenvalue weighted by Gasteiger charge is 2.23. The standard InChI is InChI=1S/C14H21BrN4O2/c1-3-7-18(9-11-5-4-6-16-11)14-13(15)10(2)12(8-17-14)19(20)21/h8,11,16H,3-7,9H2,1-2H3. The monoisotopic (exact) mass is 356 g/mol. The van der Waals surface area contributed by atoms with Gasteiger partial charge >= 0.3 is 0 Å². The SMILES string of the molecule is CCCN(CC1CCCN1)c1ncc([N+](=O)[O-])c(C)c1Br. The van der Waals surface area contributed by atoms with E-state index in [4.69, 9.17) is 0 Å². The van der Waals surface area contributed by atoms with E-state index in [1.54, 1.807) is 6.92 Å². The molecule has 0 radical (unpaired) electrons. The van der Waals surface area contributed by atoms with Crippen LogP contribution >= 0.6 is 15.9 Å². The van der Waals surface area contributed by atoms with Crippen molar-refractivity contribution in [3.8, 4) is 0 Å². The molecule has 1 saturated heterocycles. The summed E-state index contributed by atoms with van der Waals surface area (Å²) in [5, 5.41) is 14.5. The predicted octanol–water partition coefficient (Wildman–Crippen LogP) is 3.03. The smallest absolute Gasteiger partial charge is 0.291 e. The van der Waals surface area contributed by atoms with E-state index in [-0.39, 0.29) is 10.6 Å². The Labute approximate surface area is 133 Å². The summed E-state index contributed by atoms with van der Waals surface area (Å²) in [6.07, 6.45) is 4.75. The molecule has 1 unspecified atom stereocenters. The van der Waals surface area contributed by atoms with Crippen molar-refractivity contribution < 1.29 is 4.92 Å². The molecule has 2 heterocycles. The van der Waals surface area contributed by atoms with Crippen molar-refractivity contribution in [2.45, 2.75) is 39.2 Å². The second kappa shape index (κ2) is 7.17. The van der Waals surface area contributed by atoms with Gasteiger partial charge in [-0.3, -0.25) is 10.1 Å². The van der Waals surface area contributed by atoms with Crippen LogP contribution in [0.3, 0.4) is 0 Å². The van der Waals surface area contributed by atoms with Gasteiger partial charge in [-0.2, -0.15) is 0 Å². The van der Waals surface area contributed by atoms with E-state index in [9.17, 15) is 10.1 Å². The van der Waals surface area contributed by atoms with Crippen molar-refractivity contribution in [3.05, 3.63) is 26.3 Å². The zero-order valence-corrected chi connectivity index (χ0v) is 14.0. The van der Waals surface area contributed by atoms with Crippen molar-refractivity contribution >= 4 is 27.4 Å². The summed E-state index contributed by atoms with van der Waals surface area (Å²) in [4.78, 5) is 17.1. The molecular formula is C14H21BrN4O2. The van der Waals surface area contributed by atoms with Gasteiger partial charge in [-0.15, -0.1) is 0 Å². The van der Waals surface area contributed by atoms with Gasteiger partial charge in [0.05, 0.1) is 9.40 Å². The molecule has 1 aliphatic rings. The lowest BCUT2D eigenvalue weighted by atomic mass is 10.2. The van der Waals surface area contributed by atoms with Crippen molar-refractivity contribution in [2.75, 3.05) is 24.5 Å². The van der Waals surface area contributed by atoms with Crippen LogP contribution in [0.4, 0.5) is 11.5 Å². The molecule has 7 heteroatoms. The average Bonchev–Trinajstić information content (AvgIpc) is 2.94. The molecule has 1 fully saturated rings. The number of nitro groups is 1. The number of anilines is 1. The zero-order valence-electron chi connectivity index (χ0n) is 12.4. The van der Waals surface area contributed by atoms with Gasteiger partial charge in [-0.25, -0.2) is 4.98 Å². The quantitative estimate of drug-likeness (QED) is 0.626. The first kappa shape index (κ1) is 16.2. The van der Waals surface area contributed by atoms with Gasteiger partial charge < -0.3 is 10.2 Å². The summed E-state index contributed by atoms with van der Waals surface area (Å²) in [5.41, 5.74) is 0.687. The Morgan fingerprint density at radius 1 is 1.62 bits per heavy atom. The van der Waals surface area contributed by atoms with Crippen LogP contribution in [0.15, 0.2) is 10.7 Å². The minimum absolute atomic E-state index is 0.0565. The maximum absolute atomic E-state index is 11.0. The number of rotatable bonds is 6. The maximum atomic E-state index is 11.0. The van der Waals surface area contributed by atoms with Crippen LogP contribution in [0, 0.1) is 17.0 Å². The normalized spacial score (nSPS) is 18.0. The summed E-state index contributed by atoms with van der Waals surface area (Å²) < 4.78 is 0.725. The number of hydrogen-bond acceptors (Lipinski definition) is 5. The topological polar surface area (TPSA) is 71.3 Å². The lowest BCUT2D eigenvalue weighted by Gasteiger charge is -2.27. The third kappa shape index (κ3) is 3.71. The molecule has 1 N–H and O–H groups in total. The highest BCUT2D eigenvalue weighted by molar-refractivity contribution is 9.10. The summed E-state index contributed by atoms with van der Waals surface area (Å²) >= 11 is 3.49. The van der Waals surface area contributed by atoms with Crippen molar-refractivity contribution in [3.63, 3.8) is 0 Å². The fourth-order valence-electron chi connectivity index (χ4n) is 2.69. The van der Waals surface area contributed by atoms with Crippen molar-refractivity contribution in [1.29, 1.82) is 0 Å². The number of nitrogens with one attached hydrogen (secondary N) is 1. The molecule has 0 amide bonds. The van der Waals surface area contributed by atoms with E-state index in [1.165, 1.54) is 19.0 Å². The Kier molecular flexibility index (Phi) is 5.52. The van der Waals surface area contributed by atoms with E-state index in [1.807, 2.05) is 0 Å². The van der Waals surface area contributed by atoms with E-state index < -0.39 is 0 Å². The predicted molar refractivity (Wildman–Crippen MR) is 86.9 cm³/mol. The van der Waals surface area contributed by atoms with Crippen LogP contribution < -0.4 is 10.2 Å². The number of aromatic nitrogens is 1. The molecule has 2 rings (SSSR count). The highest BCUT2D eigenvalue weighted by Crippen LogP contribution is 2.33. The number of pyridine rings is 1. The van der Waals surface area contributed by atoms with Gasteiger partial charge in [0, 0.05) is 24.7 Å². The van der Waals surface area contributed by atoms with Gasteiger partial charge in [0.25, 0.3) is 5.69 Å². The number of nitrogens with zero attached hydrogens (tertiary/aromatic N) is 3. The van der Waals surface area contributed by atoms with Crippen molar-refractivity contribution in [1.82, 2.24) is 10.3 Å². The molecule has 1 aromatic heterocycles. The van der Waals surface area contributed by atoms with E-state index in [2.05, 4.69) is 38.1 Å². The summed E-state index contributed by atoms with van der Waals surface area (Å²) in [6.45, 7) is 6.73. The summed E-state index contributed by atoms with van der Waals surface area (Å²) in [6, 6.07) is 0.473. The molecule has 0 saturated carbocycles. The van der Waals surface area contributed by atoms with Crippen LogP contribution in [0.25, 0.3) is 0 Å². The molecule has 0 spiro atoms. The van der Waals surface area contributed by atoms with Gasteiger partial charge in [-0.1, -0.05) is 6.92 Å². The Hall–Kier alpha value is -1.21. The third-order valence-electron chi connectivity index (χ3n) is 3.81. The Morgan fingerprint density at radius 2 is 2.38 bits per heavy atom. The minimum atomic E-state index is -0.389. The maximum Gasteiger partial charge on any atom is 0.291 e. The van der Waals surface area contributed by atoms with Crippen LogP contribution in [-0.2, 0) is 0 Å².